The van der Waals surface area contributed by atoms with Gasteiger partial charge < -0.3 is 25.4 Å². The largest absolute Gasteiger partial charge is 0.505 e. The van der Waals surface area contributed by atoms with E-state index in [1.807, 2.05) is 31.2 Å². The molecule has 0 radical (unpaired) electrons. The van der Waals surface area contributed by atoms with E-state index in [9.17, 15) is 24.6 Å². The lowest BCUT2D eigenvalue weighted by Crippen LogP contribution is -2.41. The van der Waals surface area contributed by atoms with Gasteiger partial charge >= 0.3 is 12.0 Å². The van der Waals surface area contributed by atoms with Gasteiger partial charge in [0.1, 0.15) is 5.75 Å². The molecule has 1 heterocycles. The SMILES string of the molecule is Cc1ccccc1C[C@H](CC(=O)O)NC(=O)Nc1c(O)ccn(Cc2ccccc2Cl)c1=O. The van der Waals surface area contributed by atoms with Crippen LogP contribution in [-0.4, -0.2) is 32.8 Å². The number of nitrogens with zero attached hydrogens (tertiary/aromatic N) is 1. The number of pyridine rings is 1. The van der Waals surface area contributed by atoms with Gasteiger partial charge in [-0.15, -0.1) is 0 Å². The van der Waals surface area contributed by atoms with Crippen LogP contribution in [0.1, 0.15) is 23.1 Å². The van der Waals surface area contributed by atoms with Crippen molar-refractivity contribution in [2.45, 2.75) is 32.4 Å². The topological polar surface area (TPSA) is 121 Å². The number of hydrogen-bond donors (Lipinski definition) is 4. The van der Waals surface area contributed by atoms with Gasteiger partial charge in [-0.3, -0.25) is 9.59 Å². The van der Waals surface area contributed by atoms with Crippen LogP contribution in [0, 0.1) is 6.92 Å². The first-order chi connectivity index (χ1) is 15.7. The second kappa shape index (κ2) is 10.7. The minimum Gasteiger partial charge on any atom is -0.505 e. The lowest BCUT2D eigenvalue weighted by molar-refractivity contribution is -0.137. The molecule has 4 N–H and O–H groups in total. The highest BCUT2D eigenvalue weighted by molar-refractivity contribution is 6.31. The zero-order valence-corrected chi connectivity index (χ0v) is 18.7. The fraction of sp³-hybridized carbons (Fsp3) is 0.208. The van der Waals surface area contributed by atoms with Crippen LogP contribution < -0.4 is 16.2 Å². The Morgan fingerprint density at radius 2 is 1.73 bits per heavy atom. The number of anilines is 1. The number of urea groups is 1. The summed E-state index contributed by atoms with van der Waals surface area (Å²) in [6, 6.07) is 14.3. The molecule has 9 heteroatoms. The number of carboxylic acid groups (broad SMARTS) is 1. The van der Waals surface area contributed by atoms with Crippen LogP contribution in [0.25, 0.3) is 0 Å². The van der Waals surface area contributed by atoms with Gasteiger partial charge in [0.2, 0.25) is 0 Å². The van der Waals surface area contributed by atoms with Crippen molar-refractivity contribution in [1.82, 2.24) is 9.88 Å². The van der Waals surface area contributed by atoms with E-state index in [0.29, 0.717) is 17.0 Å². The summed E-state index contributed by atoms with van der Waals surface area (Å²) >= 11 is 6.17. The van der Waals surface area contributed by atoms with Gasteiger partial charge in [0, 0.05) is 17.3 Å². The first-order valence-corrected chi connectivity index (χ1v) is 10.6. The van der Waals surface area contributed by atoms with E-state index in [1.165, 1.54) is 16.8 Å². The zero-order valence-electron chi connectivity index (χ0n) is 17.9. The van der Waals surface area contributed by atoms with Crippen molar-refractivity contribution in [3.8, 4) is 5.75 Å². The van der Waals surface area contributed by atoms with Gasteiger partial charge in [0.25, 0.3) is 5.56 Å². The normalized spacial score (nSPS) is 11.6. The summed E-state index contributed by atoms with van der Waals surface area (Å²) in [5.74, 6) is -1.47. The molecule has 0 aliphatic rings. The maximum atomic E-state index is 12.9. The third kappa shape index (κ3) is 6.36. The number of carboxylic acids is 1. The van der Waals surface area contributed by atoms with Gasteiger partial charge in [-0.05, 0) is 42.2 Å². The van der Waals surface area contributed by atoms with Gasteiger partial charge in [0.05, 0.1) is 13.0 Å². The van der Waals surface area contributed by atoms with E-state index < -0.39 is 29.4 Å². The number of amides is 2. The molecule has 1 aromatic heterocycles. The first-order valence-electron chi connectivity index (χ1n) is 10.2. The standard InChI is InChI=1S/C24H24ClN3O5/c1-15-6-2-3-7-16(15)12-18(13-21(30)31)26-24(33)27-22-20(29)10-11-28(23(22)32)14-17-8-4-5-9-19(17)25/h2-11,18,29H,12-14H2,1H3,(H,30,31)(H2,26,27,33)/t18-/m1/s1. The molecule has 0 saturated carbocycles. The van der Waals surface area contributed by atoms with Gasteiger partial charge in [-0.25, -0.2) is 4.79 Å². The lowest BCUT2D eigenvalue weighted by atomic mass is 9.99. The summed E-state index contributed by atoms with van der Waals surface area (Å²) < 4.78 is 1.30. The summed E-state index contributed by atoms with van der Waals surface area (Å²) in [7, 11) is 0. The van der Waals surface area contributed by atoms with Crippen molar-refractivity contribution in [2.24, 2.45) is 0 Å². The van der Waals surface area contributed by atoms with Crippen molar-refractivity contribution >= 4 is 29.3 Å². The Labute approximate surface area is 195 Å². The molecule has 0 bridgehead atoms. The molecular formula is C24H24ClN3O5. The highest BCUT2D eigenvalue weighted by Crippen LogP contribution is 2.20. The number of rotatable bonds is 8. The number of carbonyl (C=O) groups is 2. The van der Waals surface area contributed by atoms with Crippen LogP contribution in [0.3, 0.4) is 0 Å². The Balaban J connectivity index is 1.77. The molecule has 1 atom stereocenters. The number of benzene rings is 2. The fourth-order valence-electron chi connectivity index (χ4n) is 3.44. The Hall–Kier alpha value is -3.78. The molecule has 172 valence electrons. The average Bonchev–Trinajstić information content (AvgIpc) is 2.75. The molecular weight excluding hydrogens is 446 g/mol. The number of hydrogen-bond acceptors (Lipinski definition) is 4. The smallest absolute Gasteiger partial charge is 0.319 e. The van der Waals surface area contributed by atoms with Crippen LogP contribution in [0.15, 0.2) is 65.6 Å². The molecule has 0 aliphatic carbocycles. The number of aliphatic carboxylic acids is 1. The van der Waals surface area contributed by atoms with E-state index >= 15 is 0 Å². The molecule has 2 amide bonds. The quantitative estimate of drug-likeness (QED) is 0.400. The summed E-state index contributed by atoms with van der Waals surface area (Å²) in [5, 5.41) is 24.8. The number of aryl methyl sites for hydroxylation is 1. The Bertz CT molecular complexity index is 1220. The van der Waals surface area contributed by atoms with Crippen molar-refractivity contribution in [1.29, 1.82) is 0 Å². The predicted octanol–water partition coefficient (Wildman–Crippen LogP) is 3.77. The van der Waals surface area contributed by atoms with E-state index in [0.717, 1.165) is 11.1 Å². The molecule has 8 nitrogen and oxygen atoms in total. The zero-order chi connectivity index (χ0) is 24.0. The van der Waals surface area contributed by atoms with Crippen LogP contribution in [0.5, 0.6) is 5.75 Å². The number of aromatic nitrogens is 1. The monoisotopic (exact) mass is 469 g/mol. The highest BCUT2D eigenvalue weighted by Gasteiger charge is 2.20. The summed E-state index contributed by atoms with van der Waals surface area (Å²) in [6.07, 6.45) is 1.39. The fourth-order valence-corrected chi connectivity index (χ4v) is 3.64. The molecule has 0 unspecified atom stereocenters. The number of aromatic hydroxyl groups is 1. The van der Waals surface area contributed by atoms with Gasteiger partial charge in [-0.1, -0.05) is 54.1 Å². The first kappa shape index (κ1) is 23.9. The number of carbonyl (C=O) groups excluding carboxylic acids is 1. The van der Waals surface area contributed by atoms with Crippen molar-refractivity contribution in [2.75, 3.05) is 5.32 Å². The molecule has 0 saturated heterocycles. The minimum atomic E-state index is -1.07. The second-order valence-electron chi connectivity index (χ2n) is 7.62. The van der Waals surface area contributed by atoms with Crippen molar-refractivity contribution in [3.63, 3.8) is 0 Å². The number of halogens is 1. The van der Waals surface area contributed by atoms with Crippen molar-refractivity contribution < 1.29 is 19.8 Å². The Morgan fingerprint density at radius 1 is 1.06 bits per heavy atom. The Kier molecular flexibility index (Phi) is 7.74. The van der Waals surface area contributed by atoms with Crippen LogP contribution >= 0.6 is 11.6 Å². The minimum absolute atomic E-state index is 0.143. The van der Waals surface area contributed by atoms with E-state index in [2.05, 4.69) is 10.6 Å². The summed E-state index contributed by atoms with van der Waals surface area (Å²) in [6.45, 7) is 2.04. The predicted molar refractivity (Wildman–Crippen MR) is 126 cm³/mol. The molecule has 33 heavy (non-hydrogen) atoms. The molecule has 3 aromatic rings. The molecule has 2 aromatic carbocycles. The van der Waals surface area contributed by atoms with Gasteiger partial charge in [-0.2, -0.15) is 0 Å². The van der Waals surface area contributed by atoms with Gasteiger partial charge in [0.15, 0.2) is 5.69 Å². The number of nitrogens with one attached hydrogen (secondary N) is 2. The maximum Gasteiger partial charge on any atom is 0.319 e. The molecule has 3 rings (SSSR count). The van der Waals surface area contributed by atoms with E-state index in [-0.39, 0.29) is 18.7 Å². The maximum absolute atomic E-state index is 12.9. The third-order valence-corrected chi connectivity index (χ3v) is 5.53. The van der Waals surface area contributed by atoms with Crippen LogP contribution in [0.2, 0.25) is 5.02 Å². The van der Waals surface area contributed by atoms with E-state index in [1.54, 1.807) is 24.3 Å². The molecule has 0 aliphatic heterocycles. The van der Waals surface area contributed by atoms with E-state index in [4.69, 9.17) is 11.6 Å². The molecule has 0 spiro atoms. The molecule has 0 fully saturated rings. The Morgan fingerprint density at radius 3 is 2.39 bits per heavy atom. The van der Waals surface area contributed by atoms with Crippen LogP contribution in [0.4, 0.5) is 10.5 Å². The van der Waals surface area contributed by atoms with Crippen molar-refractivity contribution in [3.05, 3.63) is 92.9 Å². The average molecular weight is 470 g/mol. The third-order valence-electron chi connectivity index (χ3n) is 5.16. The lowest BCUT2D eigenvalue weighted by Gasteiger charge is -2.19. The highest BCUT2D eigenvalue weighted by atomic mass is 35.5. The summed E-state index contributed by atoms with van der Waals surface area (Å²) in [5.41, 5.74) is 1.62. The van der Waals surface area contributed by atoms with Crippen LogP contribution in [-0.2, 0) is 17.8 Å². The second-order valence-corrected chi connectivity index (χ2v) is 8.03. The summed E-state index contributed by atoms with van der Waals surface area (Å²) in [4.78, 5) is 36.8.